The Hall–Kier alpha value is -2.67. The van der Waals surface area contributed by atoms with Gasteiger partial charge < -0.3 is 5.32 Å². The molecule has 0 spiro atoms. The summed E-state index contributed by atoms with van der Waals surface area (Å²) in [5.74, 6) is -0.315. The van der Waals surface area contributed by atoms with Gasteiger partial charge in [0.15, 0.2) is 0 Å². The molecule has 0 fully saturated rings. The van der Waals surface area contributed by atoms with Crippen LogP contribution in [0.2, 0.25) is 5.02 Å². The van der Waals surface area contributed by atoms with Gasteiger partial charge in [0.05, 0.1) is 16.2 Å². The number of nitrogens with zero attached hydrogens (tertiary/aromatic N) is 5. The van der Waals surface area contributed by atoms with E-state index >= 15 is 0 Å². The minimum absolute atomic E-state index is 0.0938. The lowest BCUT2D eigenvalue weighted by molar-refractivity contribution is 0.101. The minimum Gasteiger partial charge on any atom is -0.317 e. The fourth-order valence-electron chi connectivity index (χ4n) is 2.12. The summed E-state index contributed by atoms with van der Waals surface area (Å²) >= 11 is 6.27. The molecule has 0 aliphatic rings. The topological polar surface area (TPSA) is 77.6 Å². The van der Waals surface area contributed by atoms with Crippen molar-refractivity contribution in [1.82, 2.24) is 24.5 Å². The highest BCUT2D eigenvalue weighted by molar-refractivity contribution is 6.33. The summed E-state index contributed by atoms with van der Waals surface area (Å²) in [5.41, 5.74) is 0.873. The first-order valence-electron chi connectivity index (χ1n) is 7.38. The first kappa shape index (κ1) is 16.2. The third-order valence-corrected chi connectivity index (χ3v) is 3.66. The summed E-state index contributed by atoms with van der Waals surface area (Å²) < 4.78 is 3.24. The summed E-state index contributed by atoms with van der Waals surface area (Å²) in [6, 6.07) is 7.02. The van der Waals surface area contributed by atoms with Crippen molar-refractivity contribution in [3.63, 3.8) is 0 Å². The van der Waals surface area contributed by atoms with Crippen molar-refractivity contribution in [2.24, 2.45) is 0 Å². The van der Waals surface area contributed by atoms with Crippen molar-refractivity contribution in [3.8, 4) is 5.69 Å². The number of nitrogens with one attached hydrogen (secondary N) is 1. The Balaban J connectivity index is 1.91. The zero-order valence-corrected chi connectivity index (χ0v) is 14.3. The second kappa shape index (κ2) is 6.09. The van der Waals surface area contributed by atoms with Crippen LogP contribution in [0.4, 0.5) is 5.69 Å². The molecule has 24 heavy (non-hydrogen) atoms. The van der Waals surface area contributed by atoms with Crippen molar-refractivity contribution in [2.45, 2.75) is 26.3 Å². The molecular formula is C16H17ClN6O. The standard InChI is InChI=1S/C16H17ClN6O/c1-16(2,3)23-10-18-14(21-23)15(24)20-12-7-4-6-11(17)13(12)22-9-5-8-19-22/h4-10H,1-3H3,(H,20,24). The van der Waals surface area contributed by atoms with Crippen LogP contribution in [0.25, 0.3) is 5.69 Å². The van der Waals surface area contributed by atoms with E-state index in [2.05, 4.69) is 20.5 Å². The zero-order chi connectivity index (χ0) is 17.3. The van der Waals surface area contributed by atoms with Crippen LogP contribution in [0.15, 0.2) is 43.0 Å². The van der Waals surface area contributed by atoms with Crippen molar-refractivity contribution in [2.75, 3.05) is 5.32 Å². The summed E-state index contributed by atoms with van der Waals surface area (Å²) in [6.45, 7) is 5.95. The molecule has 1 amide bonds. The highest BCUT2D eigenvalue weighted by Gasteiger charge is 2.20. The van der Waals surface area contributed by atoms with Gasteiger partial charge in [-0.2, -0.15) is 5.10 Å². The molecule has 0 aliphatic heterocycles. The van der Waals surface area contributed by atoms with Crippen LogP contribution in [0, 0.1) is 0 Å². The lowest BCUT2D eigenvalue weighted by atomic mass is 10.1. The Kier molecular flexibility index (Phi) is 4.11. The Morgan fingerprint density at radius 1 is 1.25 bits per heavy atom. The summed E-state index contributed by atoms with van der Waals surface area (Å²) in [5, 5.41) is 11.7. The average Bonchev–Trinajstić information content (AvgIpc) is 3.18. The molecule has 2 heterocycles. The monoisotopic (exact) mass is 344 g/mol. The molecule has 1 N–H and O–H groups in total. The van der Waals surface area contributed by atoms with E-state index in [4.69, 9.17) is 11.6 Å². The Bertz CT molecular complexity index is 863. The summed E-state index contributed by atoms with van der Waals surface area (Å²) in [6.07, 6.45) is 4.94. The molecule has 0 unspecified atom stereocenters. The van der Waals surface area contributed by atoms with Crippen LogP contribution < -0.4 is 5.32 Å². The van der Waals surface area contributed by atoms with Crippen LogP contribution >= 0.6 is 11.6 Å². The van der Waals surface area contributed by atoms with Crippen molar-refractivity contribution in [3.05, 3.63) is 53.8 Å². The van der Waals surface area contributed by atoms with E-state index in [1.807, 2.05) is 20.8 Å². The van der Waals surface area contributed by atoms with E-state index in [0.717, 1.165) is 0 Å². The summed E-state index contributed by atoms with van der Waals surface area (Å²) in [4.78, 5) is 16.5. The van der Waals surface area contributed by atoms with Gasteiger partial charge in [-0.15, -0.1) is 5.10 Å². The Morgan fingerprint density at radius 3 is 2.67 bits per heavy atom. The maximum Gasteiger partial charge on any atom is 0.295 e. The van der Waals surface area contributed by atoms with E-state index in [0.29, 0.717) is 16.4 Å². The molecule has 3 rings (SSSR count). The maximum atomic E-state index is 12.5. The number of amides is 1. The Morgan fingerprint density at radius 2 is 2.04 bits per heavy atom. The van der Waals surface area contributed by atoms with Gasteiger partial charge in [-0.05, 0) is 39.0 Å². The molecule has 7 nitrogen and oxygen atoms in total. The molecule has 2 aromatic heterocycles. The van der Waals surface area contributed by atoms with Crippen LogP contribution in [-0.4, -0.2) is 30.5 Å². The van der Waals surface area contributed by atoms with E-state index in [9.17, 15) is 4.79 Å². The third kappa shape index (κ3) is 3.16. The number of anilines is 1. The molecular weight excluding hydrogens is 328 g/mol. The number of aromatic nitrogens is 5. The van der Waals surface area contributed by atoms with Gasteiger partial charge >= 0.3 is 0 Å². The number of hydrogen-bond donors (Lipinski definition) is 1. The highest BCUT2D eigenvalue weighted by atomic mass is 35.5. The molecule has 0 radical (unpaired) electrons. The second-order valence-corrected chi connectivity index (χ2v) is 6.63. The normalized spacial score (nSPS) is 11.5. The molecule has 3 aromatic rings. The van der Waals surface area contributed by atoms with Crippen molar-refractivity contribution >= 4 is 23.2 Å². The van der Waals surface area contributed by atoms with Crippen LogP contribution in [-0.2, 0) is 5.54 Å². The highest BCUT2D eigenvalue weighted by Crippen LogP contribution is 2.28. The molecule has 0 bridgehead atoms. The van der Waals surface area contributed by atoms with E-state index in [-0.39, 0.29) is 11.4 Å². The number of para-hydroxylation sites is 1. The number of benzene rings is 1. The number of carbonyl (C=O) groups is 1. The quantitative estimate of drug-likeness (QED) is 0.791. The minimum atomic E-state index is -0.409. The van der Waals surface area contributed by atoms with Gasteiger partial charge in [0.2, 0.25) is 5.82 Å². The molecule has 1 aromatic carbocycles. The maximum absolute atomic E-state index is 12.5. The largest absolute Gasteiger partial charge is 0.317 e. The fraction of sp³-hybridized carbons (Fsp3) is 0.250. The average molecular weight is 345 g/mol. The van der Waals surface area contributed by atoms with Gasteiger partial charge in [0.25, 0.3) is 5.91 Å². The van der Waals surface area contributed by atoms with E-state index in [1.165, 1.54) is 0 Å². The zero-order valence-electron chi connectivity index (χ0n) is 13.6. The van der Waals surface area contributed by atoms with Gasteiger partial charge in [0, 0.05) is 12.4 Å². The smallest absolute Gasteiger partial charge is 0.295 e. The lowest BCUT2D eigenvalue weighted by Gasteiger charge is -2.17. The molecule has 0 saturated heterocycles. The molecule has 0 saturated carbocycles. The predicted octanol–water partition coefficient (Wildman–Crippen LogP) is 3.12. The van der Waals surface area contributed by atoms with Gasteiger partial charge in [-0.25, -0.2) is 14.3 Å². The molecule has 0 atom stereocenters. The second-order valence-electron chi connectivity index (χ2n) is 6.22. The fourth-order valence-corrected chi connectivity index (χ4v) is 2.38. The number of rotatable bonds is 3. The molecule has 8 heteroatoms. The molecule has 124 valence electrons. The first-order chi connectivity index (χ1) is 11.4. The van der Waals surface area contributed by atoms with Crippen molar-refractivity contribution in [1.29, 1.82) is 0 Å². The number of hydrogen-bond acceptors (Lipinski definition) is 4. The van der Waals surface area contributed by atoms with Gasteiger partial charge in [0.1, 0.15) is 12.0 Å². The van der Waals surface area contributed by atoms with Crippen molar-refractivity contribution < 1.29 is 4.79 Å². The SMILES string of the molecule is CC(C)(C)n1cnc(C(=O)Nc2cccc(Cl)c2-n2cccn2)n1. The van der Waals surface area contributed by atoms with Gasteiger partial charge in [-0.1, -0.05) is 17.7 Å². The lowest BCUT2D eigenvalue weighted by Crippen LogP contribution is -2.23. The third-order valence-electron chi connectivity index (χ3n) is 3.35. The number of carbonyl (C=O) groups excluding carboxylic acids is 1. The van der Waals surface area contributed by atoms with Gasteiger partial charge in [-0.3, -0.25) is 4.79 Å². The van der Waals surface area contributed by atoms with E-state index in [1.54, 1.807) is 52.4 Å². The van der Waals surface area contributed by atoms with Crippen LogP contribution in [0.5, 0.6) is 0 Å². The first-order valence-corrected chi connectivity index (χ1v) is 7.76. The van der Waals surface area contributed by atoms with Crippen LogP contribution in [0.3, 0.4) is 0 Å². The van der Waals surface area contributed by atoms with E-state index < -0.39 is 5.91 Å². The molecule has 0 aliphatic carbocycles. The predicted molar refractivity (Wildman–Crippen MR) is 91.5 cm³/mol. The Labute approximate surface area is 144 Å². The summed E-state index contributed by atoms with van der Waals surface area (Å²) in [7, 11) is 0. The number of halogens is 1. The van der Waals surface area contributed by atoms with Crippen LogP contribution in [0.1, 0.15) is 31.4 Å².